The van der Waals surface area contributed by atoms with E-state index < -0.39 is 72.5 Å². The fraction of sp³-hybridized carbons (Fsp3) is 0. The minimum absolute atomic E-state index is 0.0319. The topological polar surface area (TPSA) is 26.3 Å². The summed E-state index contributed by atoms with van der Waals surface area (Å²) in [7, 11) is 0. The molecule has 0 radical (unpaired) electrons. The summed E-state index contributed by atoms with van der Waals surface area (Å²) in [6.07, 6.45) is 0. The normalized spacial score (nSPS) is 14.7. The summed E-state index contributed by atoms with van der Waals surface area (Å²) in [6, 6.07) is 80.2. The van der Waals surface area contributed by atoms with Crippen LogP contribution in [0.2, 0.25) is 0 Å². The fourth-order valence-electron chi connectivity index (χ4n) is 17.7. The lowest BCUT2D eigenvalue weighted by atomic mass is 9.83. The first kappa shape index (κ1) is 45.9. The molecule has 0 aliphatic heterocycles. The van der Waals surface area contributed by atoms with Crippen LogP contribution >= 0.6 is 0 Å². The Morgan fingerprint density at radius 3 is 1.11 bits per heavy atom. The lowest BCUT2D eigenvalue weighted by Gasteiger charge is -2.19. The third-order valence-electron chi connectivity index (χ3n) is 22.5. The standard InChI is InChI=1S/C60H36O.C52H32O/c1-2-15-37(16-3-1)58-48-23-10-12-25-50(48)59(51-26-13-11-24-49(51)58)54-36-41-33-38(29-31-43(41)45-20-7-9-22-47(45)54)39-30-32-56-55(34-39)60-52(27-14-28-57(60)61-56)53-35-40-17-4-5-18-42(40)44-19-6-8-21-46(44)53;1-3-14-33(15-4-1)35-26-29-46-49(32-35)53-48-25-13-24-39(52(46)48)36-27-28-38-37(30-36)31-47(41-19-8-7-18-40(38)41)51-44-22-11-9-20-42(44)50(34-16-5-2-6-17-34)43-21-10-12-23-45(43)51/h1-36H;1-32H/i1D,2D,3D,6D,8D,15D,16D,19D,21D;1D,2D,3D,4D,5D,6D,9D,11D,14D,15D,16D,17D,20D,22D. The molecule has 2 nitrogen and oxygen atoms in total. The minimum Gasteiger partial charge on any atom is -0.456 e. The Morgan fingerprint density at radius 2 is 0.535 bits per heavy atom. The molecule has 0 saturated carbocycles. The van der Waals surface area contributed by atoms with Crippen molar-refractivity contribution in [3.63, 3.8) is 0 Å². The highest BCUT2D eigenvalue weighted by molar-refractivity contribution is 6.29. The quantitative estimate of drug-likeness (QED) is 0.112. The Bertz CT molecular complexity index is 9470. The van der Waals surface area contributed by atoms with Gasteiger partial charge in [-0.1, -0.05) is 345 Å². The molecular weight excluding hydrogens is 1380 g/mol. The van der Waals surface area contributed by atoms with E-state index in [0.29, 0.717) is 71.7 Å². The Kier molecular flexibility index (Phi) is 10.6. The smallest absolute Gasteiger partial charge is 0.136 e. The summed E-state index contributed by atoms with van der Waals surface area (Å²) < 4.78 is 214. The van der Waals surface area contributed by atoms with Gasteiger partial charge in [-0.15, -0.1) is 0 Å². The van der Waals surface area contributed by atoms with Crippen LogP contribution in [0.15, 0.2) is 421 Å². The van der Waals surface area contributed by atoms with Crippen molar-refractivity contribution in [1.29, 1.82) is 0 Å². The van der Waals surface area contributed by atoms with Crippen LogP contribution in [0.5, 0.6) is 0 Å². The molecule has 0 aliphatic rings. The minimum atomic E-state index is -0.577. The average Bonchev–Trinajstić information content (AvgIpc) is 1.06. The maximum absolute atomic E-state index is 9.49. The van der Waals surface area contributed by atoms with E-state index in [1.54, 1.807) is 30.3 Å². The molecule has 2 heterocycles. The van der Waals surface area contributed by atoms with Crippen molar-refractivity contribution in [2.45, 2.75) is 0 Å². The van der Waals surface area contributed by atoms with Gasteiger partial charge in [0.05, 0.1) is 31.5 Å². The summed E-state index contributed by atoms with van der Waals surface area (Å²) in [5.41, 5.74) is 11.9. The number of hydrogen-bond acceptors (Lipinski definition) is 2. The highest BCUT2D eigenvalue weighted by atomic mass is 16.3. The van der Waals surface area contributed by atoms with Crippen molar-refractivity contribution in [2.75, 3.05) is 0 Å². The monoisotopic (exact) mass is 1470 g/mol. The second kappa shape index (κ2) is 26.4. The van der Waals surface area contributed by atoms with E-state index >= 15 is 0 Å². The first-order valence-electron chi connectivity index (χ1n) is 49.0. The molecule has 0 aliphatic carbocycles. The molecule has 0 unspecified atom stereocenters. The number of hydrogen-bond donors (Lipinski definition) is 0. The highest BCUT2D eigenvalue weighted by Gasteiger charge is 2.24. The van der Waals surface area contributed by atoms with Gasteiger partial charge in [-0.25, -0.2) is 0 Å². The van der Waals surface area contributed by atoms with Crippen LogP contribution in [0, 0.1) is 0 Å². The van der Waals surface area contributed by atoms with Gasteiger partial charge in [0.1, 0.15) is 22.3 Å². The van der Waals surface area contributed by atoms with E-state index in [1.807, 2.05) is 170 Å². The van der Waals surface area contributed by atoms with E-state index in [9.17, 15) is 4.11 Å². The van der Waals surface area contributed by atoms with Crippen molar-refractivity contribution in [3.8, 4) is 89.0 Å². The third-order valence-corrected chi connectivity index (χ3v) is 22.5. The molecule has 24 rings (SSSR count). The number of furan rings is 2. The fourth-order valence-corrected chi connectivity index (χ4v) is 17.7. The van der Waals surface area contributed by atoms with Gasteiger partial charge in [0.15, 0.2) is 0 Å². The second-order valence-corrected chi connectivity index (χ2v) is 28.6. The Hall–Kier alpha value is -15.0. The van der Waals surface area contributed by atoms with Gasteiger partial charge < -0.3 is 8.83 Å². The van der Waals surface area contributed by atoms with E-state index in [1.165, 1.54) is 0 Å². The van der Waals surface area contributed by atoms with Gasteiger partial charge in [0.25, 0.3) is 0 Å². The van der Waals surface area contributed by atoms with Gasteiger partial charge in [-0.3, -0.25) is 0 Å². The maximum atomic E-state index is 9.49. The van der Waals surface area contributed by atoms with E-state index in [4.69, 9.17) is 36.2 Å². The van der Waals surface area contributed by atoms with Gasteiger partial charge in [0.2, 0.25) is 0 Å². The van der Waals surface area contributed by atoms with Crippen molar-refractivity contribution < 1.29 is 40.4 Å². The Labute approximate surface area is 689 Å². The highest BCUT2D eigenvalue weighted by Crippen LogP contribution is 2.51. The first-order chi connectivity index (χ1) is 66.1. The van der Waals surface area contributed by atoms with Crippen LogP contribution < -0.4 is 0 Å². The summed E-state index contributed by atoms with van der Waals surface area (Å²) in [5.74, 6) is 0. The molecule has 0 spiro atoms. The molecule has 114 heavy (non-hydrogen) atoms. The Balaban J connectivity index is 0.000000154. The molecular formula is C112H68O2. The van der Waals surface area contributed by atoms with Gasteiger partial charge >= 0.3 is 0 Å². The molecule has 0 atom stereocenters. The van der Waals surface area contributed by atoms with Gasteiger partial charge in [-0.05, 0) is 263 Å². The molecule has 22 aromatic carbocycles. The first-order valence-corrected chi connectivity index (χ1v) is 37.5. The Morgan fingerprint density at radius 1 is 0.158 bits per heavy atom. The summed E-state index contributed by atoms with van der Waals surface area (Å²) >= 11 is 0. The molecule has 0 N–H and O–H groups in total. The molecule has 24 aromatic rings. The summed E-state index contributed by atoms with van der Waals surface area (Å²) in [5, 5.41) is 18.0. The van der Waals surface area contributed by atoms with Crippen molar-refractivity contribution in [1.82, 2.24) is 0 Å². The molecule has 0 amide bonds. The third kappa shape index (κ3) is 10.4. The molecule has 0 saturated heterocycles. The predicted octanol–water partition coefficient (Wildman–Crippen LogP) is 32.0. The molecule has 0 fully saturated rings. The van der Waals surface area contributed by atoms with E-state index in [0.717, 1.165) is 136 Å². The zero-order chi connectivity index (χ0) is 94.9. The van der Waals surface area contributed by atoms with Crippen LogP contribution in [-0.4, -0.2) is 0 Å². The number of rotatable bonds is 8. The SMILES string of the molecule is [2H]c1c([2H])c([2H])c(-c2c3ccccc3c(-c3cc4cc(-c5ccc6oc7cccc(-c8cc9ccccc9c9c([2H])c([2H])c([2H])c([2H])c89)c7c6c5)ccc4c4ccccc34)c3ccccc23)c([2H])c1[2H].[2H]c1c([2H])c([2H])c(-c2ccc3c(c2)oc2cccc(-c4ccc5c(c4)cc(-c4c6ccccc6c(-c6c([2H])c([2H])c([2H])c([2H])c6[2H])c6c([2H])c([2H])c([2H])c([2H])c46)c4ccccc45)c23)c([2H])c1[2H]. The van der Waals surface area contributed by atoms with Gasteiger partial charge in [0, 0.05) is 21.5 Å². The van der Waals surface area contributed by atoms with Crippen molar-refractivity contribution in [2.24, 2.45) is 0 Å². The average molecular weight is 1470 g/mol. The van der Waals surface area contributed by atoms with Crippen LogP contribution in [0.3, 0.4) is 0 Å². The van der Waals surface area contributed by atoms with Crippen LogP contribution in [0.1, 0.15) is 31.5 Å². The second-order valence-electron chi connectivity index (χ2n) is 28.6. The van der Waals surface area contributed by atoms with Gasteiger partial charge in [-0.2, -0.15) is 0 Å². The van der Waals surface area contributed by atoms with E-state index in [2.05, 4.69) is 72.8 Å². The predicted molar refractivity (Wildman–Crippen MR) is 486 cm³/mol. The summed E-state index contributed by atoms with van der Waals surface area (Å²) in [6.45, 7) is 0. The van der Waals surface area contributed by atoms with E-state index in [-0.39, 0.29) is 99.5 Å². The largest absolute Gasteiger partial charge is 0.456 e. The molecule has 0 bridgehead atoms. The number of benzene rings is 22. The molecule has 528 valence electrons. The zero-order valence-electron chi connectivity index (χ0n) is 83.3. The number of fused-ring (bicyclic) bond motifs is 19. The lowest BCUT2D eigenvalue weighted by molar-refractivity contribution is 0.668. The summed E-state index contributed by atoms with van der Waals surface area (Å²) in [4.78, 5) is 0. The van der Waals surface area contributed by atoms with Crippen LogP contribution in [-0.2, 0) is 0 Å². The lowest BCUT2D eigenvalue weighted by Crippen LogP contribution is -1.92. The van der Waals surface area contributed by atoms with Crippen molar-refractivity contribution in [3.05, 3.63) is 412 Å². The van der Waals surface area contributed by atoms with Crippen molar-refractivity contribution >= 4 is 152 Å². The maximum Gasteiger partial charge on any atom is 0.136 e. The molecule has 2 heteroatoms. The molecule has 2 aromatic heterocycles. The van der Waals surface area contributed by atoms with Crippen LogP contribution in [0.4, 0.5) is 0 Å². The zero-order valence-corrected chi connectivity index (χ0v) is 60.3. The van der Waals surface area contributed by atoms with Crippen LogP contribution in [0.25, 0.3) is 241 Å².